The van der Waals surface area contributed by atoms with Crippen LogP contribution in [0.3, 0.4) is 0 Å². The van der Waals surface area contributed by atoms with Crippen LogP contribution in [-0.4, -0.2) is 26.6 Å². The summed E-state index contributed by atoms with van der Waals surface area (Å²) in [5.41, 5.74) is -0.0546. The van der Waals surface area contributed by atoms with Gasteiger partial charge in [0, 0.05) is 24.6 Å². The fourth-order valence-electron chi connectivity index (χ4n) is 1.04. The third-order valence-electron chi connectivity index (χ3n) is 1.95. The van der Waals surface area contributed by atoms with E-state index in [1.807, 2.05) is 0 Å². The van der Waals surface area contributed by atoms with Gasteiger partial charge >= 0.3 is 5.97 Å². The van der Waals surface area contributed by atoms with Crippen molar-refractivity contribution in [2.45, 2.75) is 18.7 Å². The van der Waals surface area contributed by atoms with Gasteiger partial charge in [-0.15, -0.1) is 11.8 Å². The lowest BCUT2D eigenvalue weighted by atomic mass is 10.5. The molecule has 1 N–H and O–H groups in total. The zero-order valence-corrected chi connectivity index (χ0v) is 9.24. The van der Waals surface area contributed by atoms with Crippen LogP contribution in [-0.2, 0) is 11.3 Å². The third-order valence-corrected chi connectivity index (χ3v) is 3.07. The van der Waals surface area contributed by atoms with Gasteiger partial charge in [0.1, 0.15) is 0 Å². The van der Waals surface area contributed by atoms with E-state index in [-0.39, 0.29) is 5.56 Å². The molecule has 1 rings (SSSR count). The first-order valence-corrected chi connectivity index (χ1v) is 5.66. The van der Waals surface area contributed by atoms with Crippen LogP contribution in [0, 0.1) is 0 Å². The van der Waals surface area contributed by atoms with Crippen molar-refractivity contribution in [3.05, 3.63) is 34.7 Å². The molecule has 0 aliphatic rings. The normalized spacial score (nSPS) is 12.3. The minimum atomic E-state index is -0.819. The topological polar surface area (TPSA) is 59.3 Å². The number of carboxylic acids is 1. The standard InChI is InChI=1S/C10H13NO3S/c1-8(10(13)14)15-7-6-11-5-3-2-4-9(11)12/h2-5,8H,6-7H2,1H3,(H,13,14). The number of aliphatic carboxylic acids is 1. The second-order valence-corrected chi connectivity index (χ2v) is 4.53. The number of aromatic nitrogens is 1. The predicted molar refractivity (Wildman–Crippen MR) is 60.3 cm³/mol. The Bertz CT molecular complexity index is 388. The molecule has 15 heavy (non-hydrogen) atoms. The Morgan fingerprint density at radius 3 is 2.93 bits per heavy atom. The van der Waals surface area contributed by atoms with Crippen LogP contribution in [0.15, 0.2) is 29.2 Å². The van der Waals surface area contributed by atoms with Gasteiger partial charge < -0.3 is 9.67 Å². The molecule has 0 aromatic carbocycles. The van der Waals surface area contributed by atoms with E-state index in [1.54, 1.807) is 29.8 Å². The van der Waals surface area contributed by atoms with Crippen LogP contribution >= 0.6 is 11.8 Å². The number of aryl methyl sites for hydroxylation is 1. The quantitative estimate of drug-likeness (QED) is 0.817. The van der Waals surface area contributed by atoms with Crippen LogP contribution in [0.1, 0.15) is 6.92 Å². The molecule has 4 nitrogen and oxygen atoms in total. The maximum Gasteiger partial charge on any atom is 0.316 e. The zero-order chi connectivity index (χ0) is 11.3. The SMILES string of the molecule is CC(SCCn1ccccc1=O)C(=O)O. The highest BCUT2D eigenvalue weighted by Gasteiger charge is 2.10. The molecule has 1 heterocycles. The maximum atomic E-state index is 11.3. The summed E-state index contributed by atoms with van der Waals surface area (Å²) >= 11 is 1.33. The Labute approximate surface area is 91.9 Å². The van der Waals surface area contributed by atoms with Crippen molar-refractivity contribution in [1.29, 1.82) is 0 Å². The molecule has 0 spiro atoms. The molecular weight excluding hydrogens is 214 g/mol. The first-order valence-electron chi connectivity index (χ1n) is 4.61. The largest absolute Gasteiger partial charge is 0.480 e. The van der Waals surface area contributed by atoms with E-state index < -0.39 is 11.2 Å². The van der Waals surface area contributed by atoms with Crippen molar-refractivity contribution >= 4 is 17.7 Å². The molecular formula is C10H13NO3S. The Balaban J connectivity index is 2.42. The van der Waals surface area contributed by atoms with E-state index in [1.165, 1.54) is 17.8 Å². The summed E-state index contributed by atoms with van der Waals surface area (Å²) < 4.78 is 1.57. The van der Waals surface area contributed by atoms with Crippen LogP contribution in [0.25, 0.3) is 0 Å². The van der Waals surface area contributed by atoms with Gasteiger partial charge in [0.25, 0.3) is 5.56 Å². The number of nitrogens with zero attached hydrogens (tertiary/aromatic N) is 1. The first-order chi connectivity index (χ1) is 7.11. The molecule has 0 aliphatic carbocycles. The van der Waals surface area contributed by atoms with Crippen molar-refractivity contribution in [3.8, 4) is 0 Å². The van der Waals surface area contributed by atoms with Crippen LogP contribution in [0.4, 0.5) is 0 Å². The second-order valence-electron chi connectivity index (χ2n) is 3.08. The highest BCUT2D eigenvalue weighted by atomic mass is 32.2. The van der Waals surface area contributed by atoms with Crippen molar-refractivity contribution in [1.82, 2.24) is 4.57 Å². The summed E-state index contributed by atoms with van der Waals surface area (Å²) in [5.74, 6) is -0.197. The fraction of sp³-hybridized carbons (Fsp3) is 0.400. The minimum Gasteiger partial charge on any atom is -0.480 e. The molecule has 0 amide bonds. The lowest BCUT2D eigenvalue weighted by molar-refractivity contribution is -0.136. The molecule has 1 unspecified atom stereocenters. The van der Waals surface area contributed by atoms with Gasteiger partial charge in [-0.25, -0.2) is 0 Å². The number of carbonyl (C=O) groups is 1. The summed E-state index contributed by atoms with van der Waals surface area (Å²) in [6.07, 6.45) is 1.70. The highest BCUT2D eigenvalue weighted by molar-refractivity contribution is 8.00. The molecule has 0 bridgehead atoms. The number of hydrogen-bond donors (Lipinski definition) is 1. The van der Waals surface area contributed by atoms with E-state index in [4.69, 9.17) is 5.11 Å². The van der Waals surface area contributed by atoms with E-state index in [2.05, 4.69) is 0 Å². The lowest BCUT2D eigenvalue weighted by Crippen LogP contribution is -2.20. The molecule has 0 saturated heterocycles. The van der Waals surface area contributed by atoms with Crippen molar-refractivity contribution in [2.24, 2.45) is 0 Å². The predicted octanol–water partition coefficient (Wildman–Crippen LogP) is 1.05. The van der Waals surface area contributed by atoms with Crippen molar-refractivity contribution < 1.29 is 9.90 Å². The third kappa shape index (κ3) is 3.79. The second kappa shape index (κ2) is 5.60. The number of pyridine rings is 1. The smallest absolute Gasteiger partial charge is 0.316 e. The van der Waals surface area contributed by atoms with E-state index in [0.717, 1.165) is 0 Å². The zero-order valence-electron chi connectivity index (χ0n) is 8.42. The van der Waals surface area contributed by atoms with E-state index in [0.29, 0.717) is 12.3 Å². The summed E-state index contributed by atoms with van der Waals surface area (Å²) in [7, 11) is 0. The molecule has 1 atom stereocenters. The molecule has 0 aliphatic heterocycles. The Morgan fingerprint density at radius 2 is 2.33 bits per heavy atom. The number of thioether (sulfide) groups is 1. The molecule has 1 aromatic rings. The molecule has 0 fully saturated rings. The minimum absolute atomic E-state index is 0.0546. The number of rotatable bonds is 5. The van der Waals surface area contributed by atoms with Gasteiger partial charge in [0.2, 0.25) is 0 Å². The number of hydrogen-bond acceptors (Lipinski definition) is 3. The lowest BCUT2D eigenvalue weighted by Gasteiger charge is -2.07. The summed E-state index contributed by atoms with van der Waals surface area (Å²) in [5, 5.41) is 8.22. The summed E-state index contributed by atoms with van der Waals surface area (Å²) in [6, 6.07) is 4.96. The van der Waals surface area contributed by atoms with Gasteiger partial charge in [0.15, 0.2) is 0 Å². The van der Waals surface area contributed by atoms with E-state index in [9.17, 15) is 9.59 Å². The van der Waals surface area contributed by atoms with Gasteiger partial charge in [-0.2, -0.15) is 0 Å². The van der Waals surface area contributed by atoms with Crippen molar-refractivity contribution in [2.75, 3.05) is 5.75 Å². The molecule has 0 radical (unpaired) electrons. The first kappa shape index (κ1) is 11.8. The number of carboxylic acid groups (broad SMARTS) is 1. The van der Waals surface area contributed by atoms with Crippen LogP contribution in [0.5, 0.6) is 0 Å². The molecule has 0 saturated carbocycles. The maximum absolute atomic E-state index is 11.3. The Kier molecular flexibility index (Phi) is 4.42. The van der Waals surface area contributed by atoms with Gasteiger partial charge in [-0.05, 0) is 13.0 Å². The van der Waals surface area contributed by atoms with Gasteiger partial charge in [-0.3, -0.25) is 9.59 Å². The van der Waals surface area contributed by atoms with Gasteiger partial charge in [0.05, 0.1) is 5.25 Å². The summed E-state index contributed by atoms with van der Waals surface area (Å²) in [6.45, 7) is 2.18. The molecule has 5 heteroatoms. The molecule has 1 aromatic heterocycles. The highest BCUT2D eigenvalue weighted by Crippen LogP contribution is 2.10. The average Bonchev–Trinajstić information content (AvgIpc) is 2.20. The Morgan fingerprint density at radius 1 is 1.60 bits per heavy atom. The Hall–Kier alpha value is -1.23. The molecule has 82 valence electrons. The average molecular weight is 227 g/mol. The van der Waals surface area contributed by atoms with Crippen LogP contribution in [0.2, 0.25) is 0 Å². The fourth-order valence-corrected chi connectivity index (χ4v) is 1.84. The van der Waals surface area contributed by atoms with Crippen LogP contribution < -0.4 is 5.56 Å². The summed E-state index contributed by atoms with van der Waals surface area (Å²) in [4.78, 5) is 21.8. The monoisotopic (exact) mass is 227 g/mol. The van der Waals surface area contributed by atoms with Gasteiger partial charge in [-0.1, -0.05) is 6.07 Å². The van der Waals surface area contributed by atoms with Crippen molar-refractivity contribution in [3.63, 3.8) is 0 Å². The van der Waals surface area contributed by atoms with E-state index >= 15 is 0 Å².